The highest BCUT2D eigenvalue weighted by molar-refractivity contribution is 7.93. The van der Waals surface area contributed by atoms with Crippen LogP contribution in [0.1, 0.15) is 51.0 Å². The van der Waals surface area contributed by atoms with Gasteiger partial charge >= 0.3 is 0 Å². The average molecular weight is 291 g/mol. The molecule has 1 fully saturated rings. The minimum absolute atomic E-state index is 0.248. The van der Waals surface area contributed by atoms with E-state index in [1.165, 1.54) is 0 Å². The summed E-state index contributed by atoms with van der Waals surface area (Å²) in [6.07, 6.45) is 5.49. The molecule has 0 amide bonds. The number of anilines is 1. The predicted molar refractivity (Wildman–Crippen MR) is 83.0 cm³/mol. The molecular formula is C16H21NO2S. The van der Waals surface area contributed by atoms with Crippen LogP contribution in [0, 0.1) is 11.8 Å². The van der Waals surface area contributed by atoms with E-state index in [9.17, 15) is 8.42 Å². The SMILES string of the molecule is CCC#Cc1cccc(NS(=O)(=O)C2CCCCC2)c1. The molecule has 0 heterocycles. The molecule has 20 heavy (non-hydrogen) atoms. The molecule has 4 heteroatoms. The van der Waals surface area contributed by atoms with Gasteiger partial charge in [0.25, 0.3) is 0 Å². The van der Waals surface area contributed by atoms with E-state index in [0.717, 1.165) is 44.1 Å². The quantitative estimate of drug-likeness (QED) is 0.866. The predicted octanol–water partition coefficient (Wildman–Crippen LogP) is 3.52. The molecule has 0 bridgehead atoms. The lowest BCUT2D eigenvalue weighted by Crippen LogP contribution is -2.29. The van der Waals surface area contributed by atoms with Gasteiger partial charge in [-0.3, -0.25) is 4.72 Å². The fraction of sp³-hybridized carbons (Fsp3) is 0.500. The fourth-order valence-electron chi connectivity index (χ4n) is 2.47. The Morgan fingerprint density at radius 1 is 1.25 bits per heavy atom. The van der Waals surface area contributed by atoms with Gasteiger partial charge in [0.1, 0.15) is 0 Å². The summed E-state index contributed by atoms with van der Waals surface area (Å²) in [4.78, 5) is 0. The molecule has 0 aromatic heterocycles. The van der Waals surface area contributed by atoms with Gasteiger partial charge in [-0.1, -0.05) is 44.1 Å². The Morgan fingerprint density at radius 3 is 2.70 bits per heavy atom. The van der Waals surface area contributed by atoms with Gasteiger partial charge in [-0.05, 0) is 31.0 Å². The lowest BCUT2D eigenvalue weighted by atomic mass is 10.0. The monoisotopic (exact) mass is 291 g/mol. The van der Waals surface area contributed by atoms with Crippen LogP contribution < -0.4 is 4.72 Å². The molecule has 1 aromatic carbocycles. The summed E-state index contributed by atoms with van der Waals surface area (Å²) in [7, 11) is -3.27. The van der Waals surface area contributed by atoms with Crippen molar-refractivity contribution in [1.29, 1.82) is 0 Å². The second-order valence-electron chi connectivity index (χ2n) is 5.14. The van der Waals surface area contributed by atoms with Gasteiger partial charge in [0.15, 0.2) is 0 Å². The molecule has 0 radical (unpaired) electrons. The molecule has 0 aliphatic heterocycles. The zero-order chi connectivity index (χ0) is 14.4. The Hall–Kier alpha value is -1.47. The summed E-state index contributed by atoms with van der Waals surface area (Å²) in [5.74, 6) is 6.01. The molecular weight excluding hydrogens is 270 g/mol. The molecule has 0 atom stereocenters. The van der Waals surface area contributed by atoms with E-state index in [0.29, 0.717) is 5.69 Å². The summed E-state index contributed by atoms with van der Waals surface area (Å²) < 4.78 is 27.4. The molecule has 1 N–H and O–H groups in total. The lowest BCUT2D eigenvalue weighted by Gasteiger charge is -2.22. The van der Waals surface area contributed by atoms with E-state index in [4.69, 9.17) is 0 Å². The molecule has 0 saturated heterocycles. The molecule has 1 aliphatic carbocycles. The number of nitrogens with one attached hydrogen (secondary N) is 1. The highest BCUT2D eigenvalue weighted by Gasteiger charge is 2.27. The topological polar surface area (TPSA) is 46.2 Å². The highest BCUT2D eigenvalue weighted by atomic mass is 32.2. The van der Waals surface area contributed by atoms with Crippen molar-refractivity contribution in [3.8, 4) is 11.8 Å². The molecule has 3 nitrogen and oxygen atoms in total. The minimum Gasteiger partial charge on any atom is -0.283 e. The summed E-state index contributed by atoms with van der Waals surface area (Å²) in [6.45, 7) is 1.99. The Morgan fingerprint density at radius 2 is 2.00 bits per heavy atom. The van der Waals surface area contributed by atoms with Crippen LogP contribution >= 0.6 is 0 Å². The Bertz CT molecular complexity index is 605. The van der Waals surface area contributed by atoms with Crippen molar-refractivity contribution in [2.45, 2.75) is 50.7 Å². The number of hydrogen-bond donors (Lipinski definition) is 1. The Labute approximate surface area is 121 Å². The third-order valence-electron chi connectivity index (χ3n) is 3.52. The summed E-state index contributed by atoms with van der Waals surface area (Å²) in [6, 6.07) is 7.29. The van der Waals surface area contributed by atoms with E-state index in [1.807, 2.05) is 19.1 Å². The number of sulfonamides is 1. The van der Waals surface area contributed by atoms with E-state index >= 15 is 0 Å². The number of rotatable bonds is 3. The highest BCUT2D eigenvalue weighted by Crippen LogP contribution is 2.25. The second-order valence-corrected chi connectivity index (χ2v) is 7.10. The van der Waals surface area contributed by atoms with Crippen LogP contribution in [0.4, 0.5) is 5.69 Å². The minimum atomic E-state index is -3.27. The van der Waals surface area contributed by atoms with Crippen molar-refractivity contribution in [2.75, 3.05) is 4.72 Å². The third kappa shape index (κ3) is 4.01. The second kappa shape index (κ2) is 6.81. The van der Waals surface area contributed by atoms with Gasteiger partial charge in [-0.2, -0.15) is 0 Å². The first-order chi connectivity index (χ1) is 9.62. The maximum atomic E-state index is 12.3. The first-order valence-electron chi connectivity index (χ1n) is 7.22. The first kappa shape index (κ1) is 14.9. The van der Waals surface area contributed by atoms with Crippen molar-refractivity contribution in [1.82, 2.24) is 0 Å². The smallest absolute Gasteiger partial charge is 0.235 e. The van der Waals surface area contributed by atoms with Crippen LogP contribution in [-0.4, -0.2) is 13.7 Å². The van der Waals surface area contributed by atoms with Gasteiger partial charge in [0, 0.05) is 17.7 Å². The standard InChI is InChI=1S/C16H21NO2S/c1-2-3-8-14-9-7-10-15(13-14)17-20(18,19)16-11-5-4-6-12-16/h7,9-10,13,16-17H,2,4-6,11-12H2,1H3. The summed E-state index contributed by atoms with van der Waals surface area (Å²) in [5, 5.41) is -0.248. The number of hydrogen-bond acceptors (Lipinski definition) is 2. The van der Waals surface area contributed by atoms with Gasteiger partial charge in [-0.15, -0.1) is 0 Å². The van der Waals surface area contributed by atoms with Crippen LogP contribution in [-0.2, 0) is 10.0 Å². The molecule has 1 aliphatic rings. The first-order valence-corrected chi connectivity index (χ1v) is 8.77. The zero-order valence-corrected chi connectivity index (χ0v) is 12.7. The maximum absolute atomic E-state index is 12.3. The van der Waals surface area contributed by atoms with E-state index < -0.39 is 10.0 Å². The normalized spacial score (nSPS) is 16.2. The van der Waals surface area contributed by atoms with Gasteiger partial charge in [0.05, 0.1) is 5.25 Å². The Kier molecular flexibility index (Phi) is 5.08. The number of benzene rings is 1. The van der Waals surface area contributed by atoms with Crippen LogP contribution in [0.15, 0.2) is 24.3 Å². The maximum Gasteiger partial charge on any atom is 0.235 e. The van der Waals surface area contributed by atoms with Gasteiger partial charge in [0.2, 0.25) is 10.0 Å². The van der Waals surface area contributed by atoms with Gasteiger partial charge in [-0.25, -0.2) is 8.42 Å². The van der Waals surface area contributed by atoms with E-state index in [2.05, 4.69) is 16.6 Å². The zero-order valence-electron chi connectivity index (χ0n) is 11.9. The van der Waals surface area contributed by atoms with Crippen LogP contribution in [0.3, 0.4) is 0 Å². The largest absolute Gasteiger partial charge is 0.283 e. The average Bonchev–Trinajstić information content (AvgIpc) is 2.46. The molecule has 0 spiro atoms. The molecule has 1 aromatic rings. The van der Waals surface area contributed by atoms with E-state index in [-0.39, 0.29) is 5.25 Å². The van der Waals surface area contributed by atoms with Crippen molar-refractivity contribution in [3.05, 3.63) is 29.8 Å². The molecule has 1 saturated carbocycles. The van der Waals surface area contributed by atoms with Crippen molar-refractivity contribution in [2.24, 2.45) is 0 Å². The summed E-state index contributed by atoms with van der Waals surface area (Å²) in [5.41, 5.74) is 1.45. The van der Waals surface area contributed by atoms with E-state index in [1.54, 1.807) is 12.1 Å². The fourth-order valence-corrected chi connectivity index (χ4v) is 4.05. The van der Waals surface area contributed by atoms with Crippen molar-refractivity contribution < 1.29 is 8.42 Å². The van der Waals surface area contributed by atoms with Crippen molar-refractivity contribution in [3.63, 3.8) is 0 Å². The lowest BCUT2D eigenvalue weighted by molar-refractivity contribution is 0.486. The molecule has 108 valence electrons. The van der Waals surface area contributed by atoms with Crippen LogP contribution in [0.5, 0.6) is 0 Å². The third-order valence-corrected chi connectivity index (χ3v) is 5.39. The van der Waals surface area contributed by atoms with Crippen molar-refractivity contribution >= 4 is 15.7 Å². The molecule has 0 unspecified atom stereocenters. The summed E-state index contributed by atoms with van der Waals surface area (Å²) >= 11 is 0. The Balaban J connectivity index is 2.12. The van der Waals surface area contributed by atoms with Crippen LogP contribution in [0.2, 0.25) is 0 Å². The molecule has 2 rings (SSSR count). The van der Waals surface area contributed by atoms with Crippen LogP contribution in [0.25, 0.3) is 0 Å². The van der Waals surface area contributed by atoms with Gasteiger partial charge < -0.3 is 0 Å².